The van der Waals surface area contributed by atoms with Gasteiger partial charge in [-0.05, 0) is 56.7 Å². The summed E-state index contributed by atoms with van der Waals surface area (Å²) in [4.78, 5) is 3.90. The van der Waals surface area contributed by atoms with Crippen molar-refractivity contribution in [2.45, 2.75) is 52.5 Å². The molecule has 0 unspecified atom stereocenters. The Hall–Kier alpha value is -2.35. The van der Waals surface area contributed by atoms with Crippen LogP contribution in [-0.4, -0.2) is 27.6 Å². The van der Waals surface area contributed by atoms with Crippen molar-refractivity contribution >= 4 is 5.82 Å². The van der Waals surface area contributed by atoms with Crippen molar-refractivity contribution in [2.75, 3.05) is 11.4 Å². The number of nitriles is 1. The normalized spacial score (nSPS) is 18.0. The van der Waals surface area contributed by atoms with Gasteiger partial charge in [0.1, 0.15) is 6.07 Å². The maximum atomic E-state index is 9.50. The molecule has 1 aliphatic rings. The molecule has 0 aliphatic carbocycles. The minimum Gasteiger partial charge on any atom is -0.350 e. The van der Waals surface area contributed by atoms with Crippen LogP contribution in [0.3, 0.4) is 0 Å². The third-order valence-electron chi connectivity index (χ3n) is 4.86. The van der Waals surface area contributed by atoms with Crippen molar-refractivity contribution in [1.29, 1.82) is 5.26 Å². The quantitative estimate of drug-likeness (QED) is 0.870. The monoisotopic (exact) mass is 309 g/mol. The Labute approximate surface area is 137 Å². The molecule has 0 radical (unpaired) electrons. The predicted molar refractivity (Wildman–Crippen MR) is 90.8 cm³/mol. The van der Waals surface area contributed by atoms with Crippen LogP contribution in [0.1, 0.15) is 49.4 Å². The van der Waals surface area contributed by atoms with Crippen molar-refractivity contribution < 1.29 is 0 Å². The van der Waals surface area contributed by atoms with E-state index in [9.17, 15) is 5.26 Å². The summed E-state index contributed by atoms with van der Waals surface area (Å²) in [6.07, 6.45) is 4.64. The lowest BCUT2D eigenvalue weighted by atomic mass is 10.00. The highest BCUT2D eigenvalue weighted by molar-refractivity contribution is 5.52. The summed E-state index contributed by atoms with van der Waals surface area (Å²) in [7, 11) is 0. The van der Waals surface area contributed by atoms with E-state index in [0.29, 0.717) is 11.7 Å². The second-order valence-electron chi connectivity index (χ2n) is 6.24. The van der Waals surface area contributed by atoms with Crippen molar-refractivity contribution in [2.24, 2.45) is 0 Å². The molecule has 2 aromatic rings. The lowest BCUT2D eigenvalue weighted by molar-refractivity contribution is 0.445. The maximum absolute atomic E-state index is 9.50. The Kier molecular flexibility index (Phi) is 4.33. The number of nitrogens with zero attached hydrogens (tertiary/aromatic N) is 5. The molecule has 23 heavy (non-hydrogen) atoms. The fourth-order valence-corrected chi connectivity index (χ4v) is 3.33. The minimum atomic E-state index is 0.422. The van der Waals surface area contributed by atoms with Gasteiger partial charge in [-0.15, -0.1) is 15.0 Å². The second-order valence-corrected chi connectivity index (χ2v) is 6.24. The Morgan fingerprint density at radius 1 is 1.26 bits per heavy atom. The first-order valence-corrected chi connectivity index (χ1v) is 8.36. The van der Waals surface area contributed by atoms with Gasteiger partial charge >= 0.3 is 0 Å². The van der Waals surface area contributed by atoms with E-state index >= 15 is 0 Å². The van der Waals surface area contributed by atoms with Gasteiger partial charge in [0.2, 0.25) is 5.69 Å². The summed E-state index contributed by atoms with van der Waals surface area (Å²) >= 11 is 0. The highest BCUT2D eigenvalue weighted by Crippen LogP contribution is 2.28. The number of hydrogen-bond donors (Lipinski definition) is 0. The molecule has 1 fully saturated rings. The Balaban J connectivity index is 2.04. The van der Waals surface area contributed by atoms with Crippen LogP contribution in [0.15, 0.2) is 18.2 Å². The molecular weight excluding hydrogens is 286 g/mol. The average Bonchev–Trinajstić information content (AvgIpc) is 3.01. The highest BCUT2D eigenvalue weighted by atomic mass is 15.5. The Morgan fingerprint density at radius 2 is 2.09 bits per heavy atom. The first-order chi connectivity index (χ1) is 11.2. The van der Waals surface area contributed by atoms with E-state index in [2.05, 4.69) is 48.0 Å². The van der Waals surface area contributed by atoms with Crippen molar-refractivity contribution in [3.8, 4) is 11.8 Å². The van der Waals surface area contributed by atoms with Crippen LogP contribution in [0, 0.1) is 25.2 Å². The molecule has 5 heteroatoms. The molecule has 2 heterocycles. The van der Waals surface area contributed by atoms with Gasteiger partial charge in [0.05, 0.1) is 5.69 Å². The molecule has 1 atom stereocenters. The second kappa shape index (κ2) is 6.41. The van der Waals surface area contributed by atoms with Gasteiger partial charge in [0, 0.05) is 12.6 Å². The summed E-state index contributed by atoms with van der Waals surface area (Å²) in [5, 5.41) is 18.6. The molecule has 0 N–H and O–H groups in total. The zero-order valence-corrected chi connectivity index (χ0v) is 14.1. The summed E-state index contributed by atoms with van der Waals surface area (Å²) < 4.78 is 0. The van der Waals surface area contributed by atoms with Crippen LogP contribution in [0.5, 0.6) is 0 Å². The van der Waals surface area contributed by atoms with Gasteiger partial charge in [-0.1, -0.05) is 19.1 Å². The number of anilines is 1. The van der Waals surface area contributed by atoms with Crippen LogP contribution >= 0.6 is 0 Å². The molecule has 0 bridgehead atoms. The van der Waals surface area contributed by atoms with Gasteiger partial charge in [-0.3, -0.25) is 0 Å². The fourth-order valence-electron chi connectivity index (χ4n) is 3.33. The molecule has 0 saturated carbocycles. The average molecular weight is 309 g/mol. The van der Waals surface area contributed by atoms with Crippen LogP contribution in [0.2, 0.25) is 0 Å². The van der Waals surface area contributed by atoms with Crippen molar-refractivity contribution in [1.82, 2.24) is 15.0 Å². The zero-order valence-electron chi connectivity index (χ0n) is 14.1. The highest BCUT2D eigenvalue weighted by Gasteiger charge is 2.27. The van der Waals surface area contributed by atoms with E-state index in [1.807, 2.05) is 12.1 Å². The molecule has 1 aliphatic heterocycles. The number of benzene rings is 1. The number of aryl methyl sites for hydroxylation is 1. The molecule has 1 saturated heterocycles. The molecule has 5 nitrogen and oxygen atoms in total. The van der Waals surface area contributed by atoms with E-state index in [0.717, 1.165) is 42.9 Å². The first-order valence-electron chi connectivity index (χ1n) is 8.36. The first kappa shape index (κ1) is 15.5. The predicted octanol–water partition coefficient (Wildman–Crippen LogP) is 3.52. The maximum Gasteiger partial charge on any atom is 0.207 e. The lowest BCUT2D eigenvalue weighted by Gasteiger charge is -2.35. The van der Waals surface area contributed by atoms with Gasteiger partial charge in [0.25, 0.3) is 0 Å². The van der Waals surface area contributed by atoms with Crippen LogP contribution in [-0.2, 0) is 0 Å². The van der Waals surface area contributed by atoms with Gasteiger partial charge in [-0.25, -0.2) is 0 Å². The number of rotatable bonds is 3. The number of hydrogen-bond acceptors (Lipinski definition) is 4. The van der Waals surface area contributed by atoms with Crippen molar-refractivity contribution in [3.05, 3.63) is 35.0 Å². The molecule has 3 rings (SSSR count). The number of aromatic nitrogens is 3. The van der Waals surface area contributed by atoms with E-state index in [1.54, 1.807) is 4.80 Å². The fraction of sp³-hybridized carbons (Fsp3) is 0.500. The zero-order chi connectivity index (χ0) is 16.4. The van der Waals surface area contributed by atoms with E-state index in [1.165, 1.54) is 12.0 Å². The van der Waals surface area contributed by atoms with Crippen LogP contribution in [0.25, 0.3) is 5.69 Å². The molecule has 1 aromatic carbocycles. The van der Waals surface area contributed by atoms with Crippen LogP contribution < -0.4 is 4.90 Å². The van der Waals surface area contributed by atoms with E-state index in [-0.39, 0.29) is 0 Å². The summed E-state index contributed by atoms with van der Waals surface area (Å²) in [6.45, 7) is 7.30. The lowest BCUT2D eigenvalue weighted by Crippen LogP contribution is -2.39. The molecule has 0 amide bonds. The summed E-state index contributed by atoms with van der Waals surface area (Å²) in [5.74, 6) is 0.736. The Bertz CT molecular complexity index is 740. The van der Waals surface area contributed by atoms with E-state index < -0.39 is 0 Å². The topological polar surface area (TPSA) is 57.7 Å². The minimum absolute atomic E-state index is 0.422. The molecule has 120 valence electrons. The van der Waals surface area contributed by atoms with Crippen LogP contribution in [0.4, 0.5) is 5.82 Å². The number of piperidine rings is 1. The largest absolute Gasteiger partial charge is 0.350 e. The van der Waals surface area contributed by atoms with Crippen molar-refractivity contribution in [3.63, 3.8) is 0 Å². The van der Waals surface area contributed by atoms with Gasteiger partial charge in [0.15, 0.2) is 5.82 Å². The van der Waals surface area contributed by atoms with E-state index in [4.69, 9.17) is 0 Å². The van der Waals surface area contributed by atoms with Gasteiger partial charge in [-0.2, -0.15) is 5.26 Å². The molecule has 1 aromatic heterocycles. The standard InChI is InChI=1S/C18H23N5/c1-4-15-9-5-6-11-22(15)18-16(12-19)20-23(21-18)17-10-7-8-13(2)14(17)3/h7-8,10,15H,4-6,9,11H2,1-3H3/t15-/m1/s1. The SMILES string of the molecule is CC[C@@H]1CCCCN1c1nn(-c2cccc(C)c2C)nc1C#N. The third-order valence-corrected chi connectivity index (χ3v) is 4.86. The third kappa shape index (κ3) is 2.81. The summed E-state index contributed by atoms with van der Waals surface area (Å²) in [5.41, 5.74) is 3.71. The molecule has 0 spiro atoms. The molecular formula is C18H23N5. The smallest absolute Gasteiger partial charge is 0.207 e. The Morgan fingerprint density at radius 3 is 2.83 bits per heavy atom. The van der Waals surface area contributed by atoms with Gasteiger partial charge < -0.3 is 4.90 Å². The summed E-state index contributed by atoms with van der Waals surface area (Å²) in [6, 6.07) is 8.76.